The monoisotopic (exact) mass is 247 g/mol. The zero-order chi connectivity index (χ0) is 13.7. The Balaban J connectivity index is 2.79. The maximum atomic E-state index is 11.1. The van der Waals surface area contributed by atoms with Crippen LogP contribution in [0, 0.1) is 6.92 Å². The predicted molar refractivity (Wildman–Crippen MR) is 70.4 cm³/mol. The van der Waals surface area contributed by atoms with Crippen LogP contribution in [0.4, 0.5) is 0 Å². The van der Waals surface area contributed by atoms with Crippen LogP contribution in [0.15, 0.2) is 12.1 Å². The van der Waals surface area contributed by atoms with Gasteiger partial charge in [-0.3, -0.25) is 0 Å². The van der Waals surface area contributed by atoms with Crippen LogP contribution in [-0.2, 0) is 5.41 Å². The maximum absolute atomic E-state index is 11.1. The number of hydrogen-bond donors (Lipinski definition) is 3. The fourth-order valence-corrected chi connectivity index (χ4v) is 2.18. The highest BCUT2D eigenvalue weighted by Crippen LogP contribution is 2.35. The molecule has 4 nitrogen and oxygen atoms in total. The molecule has 4 heteroatoms. The summed E-state index contributed by atoms with van der Waals surface area (Å²) in [5, 5.41) is 19.9. The van der Waals surface area contributed by atoms with Gasteiger partial charge in [0.1, 0.15) is 11.4 Å². The van der Waals surface area contributed by atoms with Crippen molar-refractivity contribution >= 4 is 16.9 Å². The Morgan fingerprint density at radius 2 is 1.89 bits per heavy atom. The Bertz CT molecular complexity index is 633. The molecule has 1 aromatic heterocycles. The summed E-state index contributed by atoms with van der Waals surface area (Å²) in [6.45, 7) is 7.79. The molecule has 0 aliphatic heterocycles. The third-order valence-electron chi connectivity index (χ3n) is 3.20. The first kappa shape index (κ1) is 12.5. The molecule has 96 valence electrons. The lowest BCUT2D eigenvalue weighted by atomic mass is 9.85. The number of benzene rings is 1. The van der Waals surface area contributed by atoms with E-state index >= 15 is 0 Å². The Morgan fingerprint density at radius 1 is 1.28 bits per heavy atom. The number of fused-ring (bicyclic) bond motifs is 1. The van der Waals surface area contributed by atoms with E-state index in [0.717, 1.165) is 10.9 Å². The van der Waals surface area contributed by atoms with Crippen molar-refractivity contribution < 1.29 is 15.0 Å². The number of carbonyl (C=O) groups is 1. The lowest BCUT2D eigenvalue weighted by molar-refractivity contribution is 0.0690. The summed E-state index contributed by atoms with van der Waals surface area (Å²) in [7, 11) is 0. The van der Waals surface area contributed by atoms with Crippen LogP contribution in [-0.4, -0.2) is 21.2 Å². The first-order chi connectivity index (χ1) is 8.21. The number of aromatic amines is 1. The zero-order valence-electron chi connectivity index (χ0n) is 11.0. The second-order valence-electron chi connectivity index (χ2n) is 5.60. The highest BCUT2D eigenvalue weighted by Gasteiger charge is 2.21. The topological polar surface area (TPSA) is 73.3 Å². The van der Waals surface area contributed by atoms with Gasteiger partial charge in [-0.2, -0.15) is 0 Å². The van der Waals surface area contributed by atoms with Crippen LogP contribution in [0.2, 0.25) is 0 Å². The quantitative estimate of drug-likeness (QED) is 0.724. The average Bonchev–Trinajstić information content (AvgIpc) is 2.53. The van der Waals surface area contributed by atoms with E-state index in [-0.39, 0.29) is 16.9 Å². The van der Waals surface area contributed by atoms with E-state index in [1.807, 2.05) is 26.8 Å². The molecule has 0 spiro atoms. The Kier molecular flexibility index (Phi) is 2.61. The summed E-state index contributed by atoms with van der Waals surface area (Å²) < 4.78 is 0. The van der Waals surface area contributed by atoms with Gasteiger partial charge < -0.3 is 15.2 Å². The molecule has 0 radical (unpaired) electrons. The van der Waals surface area contributed by atoms with Crippen molar-refractivity contribution in [2.24, 2.45) is 0 Å². The van der Waals surface area contributed by atoms with Gasteiger partial charge >= 0.3 is 5.97 Å². The molecule has 0 amide bonds. The number of carboxylic acid groups (broad SMARTS) is 1. The van der Waals surface area contributed by atoms with Crippen molar-refractivity contribution in [2.75, 3.05) is 0 Å². The normalized spacial score (nSPS) is 12.0. The van der Waals surface area contributed by atoms with E-state index in [9.17, 15) is 9.90 Å². The van der Waals surface area contributed by atoms with Gasteiger partial charge in [-0.15, -0.1) is 0 Å². The number of aryl methyl sites for hydroxylation is 1. The van der Waals surface area contributed by atoms with E-state index in [1.54, 1.807) is 13.0 Å². The van der Waals surface area contributed by atoms with Gasteiger partial charge in [0.05, 0.1) is 5.52 Å². The van der Waals surface area contributed by atoms with E-state index in [0.29, 0.717) is 11.1 Å². The Hall–Kier alpha value is -1.97. The maximum Gasteiger partial charge on any atom is 0.352 e. The number of H-pyrrole nitrogens is 1. The summed E-state index contributed by atoms with van der Waals surface area (Å²) >= 11 is 0. The number of phenolic OH excluding ortho intramolecular Hbond substituents is 1. The number of hydrogen-bond acceptors (Lipinski definition) is 2. The predicted octanol–water partition coefficient (Wildman–Crippen LogP) is 3.18. The van der Waals surface area contributed by atoms with E-state index < -0.39 is 5.97 Å². The van der Waals surface area contributed by atoms with Gasteiger partial charge in [0.2, 0.25) is 0 Å². The third-order valence-corrected chi connectivity index (χ3v) is 3.20. The minimum Gasteiger partial charge on any atom is -0.508 e. The highest BCUT2D eigenvalue weighted by molar-refractivity contribution is 5.98. The molecule has 3 N–H and O–H groups in total. The van der Waals surface area contributed by atoms with Crippen molar-refractivity contribution in [1.29, 1.82) is 0 Å². The third kappa shape index (κ3) is 1.83. The number of aromatic hydroxyl groups is 1. The van der Waals surface area contributed by atoms with Gasteiger partial charge in [-0.05, 0) is 29.5 Å². The molecule has 18 heavy (non-hydrogen) atoms. The molecular weight excluding hydrogens is 230 g/mol. The summed E-state index contributed by atoms with van der Waals surface area (Å²) in [5.41, 5.74) is 2.15. The standard InChI is InChI=1S/C14H17NO3/c1-7-8-5-9(14(2,3)4)11(16)6-10(8)15-12(7)13(17)18/h5-6,15-16H,1-4H3,(H,17,18). The van der Waals surface area contributed by atoms with Gasteiger partial charge in [0.25, 0.3) is 0 Å². The Morgan fingerprint density at radius 3 is 2.39 bits per heavy atom. The van der Waals surface area contributed by atoms with Crippen molar-refractivity contribution in [1.82, 2.24) is 4.98 Å². The first-order valence-corrected chi connectivity index (χ1v) is 5.81. The molecule has 0 unspecified atom stereocenters. The molecule has 0 saturated carbocycles. The van der Waals surface area contributed by atoms with Gasteiger partial charge in [0, 0.05) is 11.5 Å². The molecule has 1 heterocycles. The van der Waals surface area contributed by atoms with Crippen LogP contribution in [0.5, 0.6) is 5.75 Å². The molecule has 1 aromatic carbocycles. The molecule has 0 aliphatic carbocycles. The number of phenols is 1. The molecule has 0 aliphatic rings. The van der Waals surface area contributed by atoms with Gasteiger partial charge in [-0.25, -0.2) is 4.79 Å². The number of nitrogens with one attached hydrogen (secondary N) is 1. The minimum absolute atomic E-state index is 0.176. The molecule has 2 aromatic rings. The second-order valence-corrected chi connectivity index (χ2v) is 5.60. The van der Waals surface area contributed by atoms with Crippen molar-refractivity contribution in [3.05, 3.63) is 29.0 Å². The SMILES string of the molecule is Cc1c(C(=O)O)[nH]c2cc(O)c(C(C)(C)C)cc12. The van der Waals surface area contributed by atoms with Gasteiger partial charge in [0.15, 0.2) is 0 Å². The molecule has 0 atom stereocenters. The van der Waals surface area contributed by atoms with Gasteiger partial charge in [-0.1, -0.05) is 20.8 Å². The fourth-order valence-electron chi connectivity index (χ4n) is 2.18. The van der Waals surface area contributed by atoms with Crippen molar-refractivity contribution in [2.45, 2.75) is 33.1 Å². The van der Waals surface area contributed by atoms with E-state index in [2.05, 4.69) is 4.98 Å². The molecule has 0 bridgehead atoms. The minimum atomic E-state index is -0.986. The van der Waals surface area contributed by atoms with Crippen LogP contribution >= 0.6 is 0 Å². The summed E-state index contributed by atoms with van der Waals surface area (Å²) in [6.07, 6.45) is 0. The van der Waals surface area contributed by atoms with Crippen LogP contribution in [0.1, 0.15) is 42.4 Å². The van der Waals surface area contributed by atoms with Crippen LogP contribution in [0.25, 0.3) is 10.9 Å². The first-order valence-electron chi connectivity index (χ1n) is 5.81. The van der Waals surface area contributed by atoms with Crippen LogP contribution in [0.3, 0.4) is 0 Å². The lowest BCUT2D eigenvalue weighted by Crippen LogP contribution is -2.11. The number of carboxylic acids is 1. The Labute approximate surface area is 105 Å². The smallest absolute Gasteiger partial charge is 0.352 e. The molecular formula is C14H17NO3. The van der Waals surface area contributed by atoms with Crippen molar-refractivity contribution in [3.63, 3.8) is 0 Å². The number of aromatic carboxylic acids is 1. The zero-order valence-corrected chi connectivity index (χ0v) is 11.0. The molecule has 0 saturated heterocycles. The lowest BCUT2D eigenvalue weighted by Gasteiger charge is -2.20. The number of rotatable bonds is 1. The molecule has 0 fully saturated rings. The largest absolute Gasteiger partial charge is 0.508 e. The number of aromatic nitrogens is 1. The average molecular weight is 247 g/mol. The molecule has 2 rings (SSSR count). The van der Waals surface area contributed by atoms with Crippen LogP contribution < -0.4 is 0 Å². The summed E-state index contributed by atoms with van der Waals surface area (Å²) in [4.78, 5) is 13.9. The summed E-state index contributed by atoms with van der Waals surface area (Å²) in [6, 6.07) is 3.46. The van der Waals surface area contributed by atoms with E-state index in [1.165, 1.54) is 0 Å². The fraction of sp³-hybridized carbons (Fsp3) is 0.357. The highest BCUT2D eigenvalue weighted by atomic mass is 16.4. The van der Waals surface area contributed by atoms with Crippen molar-refractivity contribution in [3.8, 4) is 5.75 Å². The summed E-state index contributed by atoms with van der Waals surface area (Å²) in [5.74, 6) is -0.798. The van der Waals surface area contributed by atoms with E-state index in [4.69, 9.17) is 5.11 Å². The second kappa shape index (κ2) is 3.77.